The highest BCUT2D eigenvalue weighted by atomic mass is 16.5. The number of allylic oxidation sites excluding steroid dienone is 1. The zero-order chi connectivity index (χ0) is 12.4. The second-order valence-corrected chi connectivity index (χ2v) is 4.48. The highest BCUT2D eigenvalue weighted by Gasteiger charge is 2.10. The van der Waals surface area contributed by atoms with E-state index in [9.17, 15) is 0 Å². The van der Waals surface area contributed by atoms with E-state index in [1.165, 1.54) is 22.3 Å². The van der Waals surface area contributed by atoms with Crippen LogP contribution in [-0.4, -0.2) is 18.1 Å². The Hall–Kier alpha value is -1.54. The number of pyridine rings is 1. The third-order valence-corrected chi connectivity index (χ3v) is 3.09. The Bertz CT molecular complexity index is 551. The lowest BCUT2D eigenvalue weighted by Crippen LogP contribution is -1.98. The van der Waals surface area contributed by atoms with Crippen molar-refractivity contribution in [3.63, 3.8) is 0 Å². The average Bonchev–Trinajstić information content (AvgIpc) is 2.67. The first-order valence-electron chi connectivity index (χ1n) is 5.89. The third-order valence-electron chi connectivity index (χ3n) is 3.09. The summed E-state index contributed by atoms with van der Waals surface area (Å²) in [6, 6.07) is 6.45. The third kappa shape index (κ3) is 2.13. The lowest BCUT2D eigenvalue weighted by molar-refractivity contribution is 0.201. The molecule has 2 rings (SSSR count). The largest absolute Gasteiger partial charge is 0.384 e. The van der Waals surface area contributed by atoms with E-state index in [0.717, 1.165) is 18.6 Å². The van der Waals surface area contributed by atoms with E-state index in [1.807, 2.05) is 0 Å². The second-order valence-electron chi connectivity index (χ2n) is 4.48. The number of rotatable bonds is 4. The Labute approximate surface area is 103 Å². The Morgan fingerprint density at radius 1 is 1.47 bits per heavy atom. The molecule has 2 aromatic heterocycles. The number of ether oxygens (including phenoxy) is 1. The maximum Gasteiger partial charge on any atom is 0.0556 e. The van der Waals surface area contributed by atoms with Gasteiger partial charge in [0, 0.05) is 31.0 Å². The van der Waals surface area contributed by atoms with Crippen LogP contribution in [0.5, 0.6) is 0 Å². The molecule has 0 spiro atoms. The van der Waals surface area contributed by atoms with Crippen molar-refractivity contribution in [2.75, 3.05) is 13.7 Å². The molecule has 0 saturated carbocycles. The summed E-state index contributed by atoms with van der Waals surface area (Å²) in [4.78, 5) is 0. The van der Waals surface area contributed by atoms with E-state index in [1.54, 1.807) is 7.11 Å². The number of fused-ring (bicyclic) bond motifs is 1. The minimum absolute atomic E-state index is 0.746. The molecule has 0 radical (unpaired) electrons. The number of nitrogens with zero attached hydrogens (tertiary/aromatic N) is 1. The molecule has 0 N–H and O–H groups in total. The van der Waals surface area contributed by atoms with Crippen LogP contribution in [0.25, 0.3) is 11.1 Å². The summed E-state index contributed by atoms with van der Waals surface area (Å²) in [5, 5.41) is 0. The first-order chi connectivity index (χ1) is 8.15. The van der Waals surface area contributed by atoms with Gasteiger partial charge in [-0.15, -0.1) is 0 Å². The predicted molar refractivity (Wildman–Crippen MR) is 72.4 cm³/mol. The molecule has 0 amide bonds. The van der Waals surface area contributed by atoms with Crippen molar-refractivity contribution in [3.05, 3.63) is 47.8 Å². The summed E-state index contributed by atoms with van der Waals surface area (Å²) in [7, 11) is 1.74. The van der Waals surface area contributed by atoms with Gasteiger partial charge in [-0.25, -0.2) is 0 Å². The zero-order valence-corrected chi connectivity index (χ0v) is 10.8. The number of hydrogen-bond acceptors (Lipinski definition) is 1. The van der Waals surface area contributed by atoms with E-state index in [4.69, 9.17) is 4.74 Å². The zero-order valence-electron chi connectivity index (χ0n) is 10.8. The maximum absolute atomic E-state index is 5.16. The summed E-state index contributed by atoms with van der Waals surface area (Å²) in [6.45, 7) is 9.01. The summed E-state index contributed by atoms with van der Waals surface area (Å²) in [6.07, 6.45) is 3.04. The molecule has 0 aliphatic rings. The van der Waals surface area contributed by atoms with Gasteiger partial charge < -0.3 is 9.14 Å². The van der Waals surface area contributed by atoms with Crippen LogP contribution in [0.15, 0.2) is 31.0 Å². The fourth-order valence-electron chi connectivity index (χ4n) is 2.23. The van der Waals surface area contributed by atoms with Crippen LogP contribution < -0.4 is 0 Å². The lowest BCUT2D eigenvalue weighted by atomic mass is 10.1. The Kier molecular flexibility index (Phi) is 3.34. The van der Waals surface area contributed by atoms with Crippen molar-refractivity contribution in [1.29, 1.82) is 0 Å². The van der Waals surface area contributed by atoms with Crippen LogP contribution in [0.3, 0.4) is 0 Å². The van der Waals surface area contributed by atoms with Crippen molar-refractivity contribution >= 4 is 11.1 Å². The standard InChI is InChI=1S/C15H19NO/c1-11(2)14-10-13(7-9-17-4)16-8-5-6-12(3)15(14)16/h5-6,8,10H,1,7,9H2,2-4H3. The number of methoxy groups -OCH3 is 1. The van der Waals surface area contributed by atoms with E-state index >= 15 is 0 Å². The number of aryl methyl sites for hydroxylation is 1. The molecular weight excluding hydrogens is 210 g/mol. The van der Waals surface area contributed by atoms with Gasteiger partial charge in [-0.05, 0) is 37.1 Å². The molecule has 2 nitrogen and oxygen atoms in total. The molecule has 0 aliphatic heterocycles. The highest BCUT2D eigenvalue weighted by molar-refractivity contribution is 5.80. The fraction of sp³-hybridized carbons (Fsp3) is 0.333. The van der Waals surface area contributed by atoms with Crippen LogP contribution in [0.4, 0.5) is 0 Å². The second kappa shape index (κ2) is 4.76. The molecule has 2 aromatic rings. The topological polar surface area (TPSA) is 13.6 Å². The Balaban J connectivity index is 2.62. The van der Waals surface area contributed by atoms with Gasteiger partial charge in [-0.2, -0.15) is 0 Å². The average molecular weight is 229 g/mol. The molecule has 0 aliphatic carbocycles. The van der Waals surface area contributed by atoms with E-state index < -0.39 is 0 Å². The van der Waals surface area contributed by atoms with Crippen LogP contribution in [0.1, 0.15) is 23.7 Å². The summed E-state index contributed by atoms with van der Waals surface area (Å²) >= 11 is 0. The first-order valence-corrected chi connectivity index (χ1v) is 5.89. The Morgan fingerprint density at radius 2 is 2.24 bits per heavy atom. The monoisotopic (exact) mass is 229 g/mol. The van der Waals surface area contributed by atoms with Gasteiger partial charge in [0.25, 0.3) is 0 Å². The van der Waals surface area contributed by atoms with E-state index in [0.29, 0.717) is 0 Å². The Morgan fingerprint density at radius 3 is 2.88 bits per heavy atom. The molecule has 90 valence electrons. The lowest BCUT2D eigenvalue weighted by Gasteiger charge is -2.05. The van der Waals surface area contributed by atoms with E-state index in [-0.39, 0.29) is 0 Å². The predicted octanol–water partition coefficient (Wildman–Crippen LogP) is 3.47. The van der Waals surface area contributed by atoms with Gasteiger partial charge in [-0.3, -0.25) is 0 Å². The minimum Gasteiger partial charge on any atom is -0.384 e. The molecule has 0 unspecified atom stereocenters. The van der Waals surface area contributed by atoms with Gasteiger partial charge in [0.1, 0.15) is 0 Å². The van der Waals surface area contributed by atoms with Crippen LogP contribution in [0, 0.1) is 6.92 Å². The smallest absolute Gasteiger partial charge is 0.0556 e. The van der Waals surface area contributed by atoms with Crippen molar-refractivity contribution in [2.24, 2.45) is 0 Å². The van der Waals surface area contributed by atoms with Crippen LogP contribution >= 0.6 is 0 Å². The van der Waals surface area contributed by atoms with Crippen molar-refractivity contribution in [3.8, 4) is 0 Å². The van der Waals surface area contributed by atoms with Crippen molar-refractivity contribution in [2.45, 2.75) is 20.3 Å². The molecular formula is C15H19NO. The quantitative estimate of drug-likeness (QED) is 0.782. The van der Waals surface area contributed by atoms with Crippen molar-refractivity contribution < 1.29 is 4.74 Å². The van der Waals surface area contributed by atoms with E-state index in [2.05, 4.69) is 49.2 Å². The molecule has 0 fully saturated rings. The van der Waals surface area contributed by atoms with Gasteiger partial charge in [0.05, 0.1) is 12.1 Å². The normalized spacial score (nSPS) is 11.0. The van der Waals surface area contributed by atoms with Gasteiger partial charge in [-0.1, -0.05) is 12.6 Å². The van der Waals surface area contributed by atoms with Crippen LogP contribution in [-0.2, 0) is 11.2 Å². The van der Waals surface area contributed by atoms with Gasteiger partial charge in [0.15, 0.2) is 0 Å². The SMILES string of the molecule is C=C(C)c1cc(CCOC)n2cccc(C)c12. The fourth-order valence-corrected chi connectivity index (χ4v) is 2.23. The first kappa shape index (κ1) is 11.9. The highest BCUT2D eigenvalue weighted by Crippen LogP contribution is 2.26. The molecule has 17 heavy (non-hydrogen) atoms. The minimum atomic E-state index is 0.746. The summed E-state index contributed by atoms with van der Waals surface area (Å²) < 4.78 is 7.41. The summed E-state index contributed by atoms with van der Waals surface area (Å²) in [5.74, 6) is 0. The summed E-state index contributed by atoms with van der Waals surface area (Å²) in [5.41, 5.74) is 6.19. The number of aromatic nitrogens is 1. The van der Waals surface area contributed by atoms with Gasteiger partial charge >= 0.3 is 0 Å². The molecule has 0 bridgehead atoms. The van der Waals surface area contributed by atoms with Crippen molar-refractivity contribution in [1.82, 2.24) is 4.40 Å². The molecule has 0 aromatic carbocycles. The van der Waals surface area contributed by atoms with Gasteiger partial charge in [0.2, 0.25) is 0 Å². The maximum atomic E-state index is 5.16. The molecule has 0 saturated heterocycles. The molecule has 0 atom stereocenters. The number of hydrogen-bond donors (Lipinski definition) is 0. The molecule has 2 heterocycles. The molecule has 2 heteroatoms. The van der Waals surface area contributed by atoms with Crippen LogP contribution in [0.2, 0.25) is 0 Å².